The Morgan fingerprint density at radius 2 is 1.91 bits per heavy atom. The van der Waals surface area contributed by atoms with Gasteiger partial charge < -0.3 is 19.5 Å². The molecule has 4 rings (SSSR count). The predicted molar refractivity (Wildman–Crippen MR) is 123 cm³/mol. The van der Waals surface area contributed by atoms with E-state index in [1.807, 2.05) is 17.5 Å². The summed E-state index contributed by atoms with van der Waals surface area (Å²) in [7, 11) is 3.03. The summed E-state index contributed by atoms with van der Waals surface area (Å²) in [6, 6.07) is 14.8. The van der Waals surface area contributed by atoms with Gasteiger partial charge in [-0.1, -0.05) is 29.8 Å². The van der Waals surface area contributed by atoms with Gasteiger partial charge in [0.1, 0.15) is 17.3 Å². The zero-order valence-corrected chi connectivity index (χ0v) is 18.9. The molecule has 0 radical (unpaired) electrons. The first kappa shape index (κ1) is 21.9. The molecule has 0 spiro atoms. The standard InChI is InChI=1S/C24H20ClNO5S/c1-30-16-6-3-5-14(11-16)21-20(22(27)15-8-9-19(31-2)18(25)12-15)23(28)24(29)26(21)13-17-7-4-10-32-17/h3-12,21,27H,13H2,1-2H3/b22-20-. The number of likely N-dealkylation sites (tertiary alicyclic amines) is 1. The summed E-state index contributed by atoms with van der Waals surface area (Å²) in [5.74, 6) is -0.706. The molecule has 8 heteroatoms. The van der Waals surface area contributed by atoms with E-state index in [1.165, 1.54) is 29.4 Å². The Kier molecular flexibility index (Phi) is 6.21. The van der Waals surface area contributed by atoms with E-state index in [4.69, 9.17) is 21.1 Å². The van der Waals surface area contributed by atoms with Gasteiger partial charge in [-0.05, 0) is 47.3 Å². The van der Waals surface area contributed by atoms with E-state index in [-0.39, 0.29) is 22.9 Å². The molecule has 0 aliphatic carbocycles. The average molecular weight is 470 g/mol. The van der Waals surface area contributed by atoms with Gasteiger partial charge in [0.2, 0.25) is 0 Å². The lowest BCUT2D eigenvalue weighted by Crippen LogP contribution is -2.28. The number of halogens is 1. The van der Waals surface area contributed by atoms with Crippen molar-refractivity contribution < 1.29 is 24.2 Å². The molecule has 0 bridgehead atoms. The van der Waals surface area contributed by atoms with Crippen molar-refractivity contribution in [2.24, 2.45) is 0 Å². The van der Waals surface area contributed by atoms with Crippen LogP contribution in [-0.4, -0.2) is 35.9 Å². The number of hydrogen-bond acceptors (Lipinski definition) is 6. The van der Waals surface area contributed by atoms with Crippen LogP contribution in [0.4, 0.5) is 0 Å². The number of methoxy groups -OCH3 is 2. The summed E-state index contributed by atoms with van der Waals surface area (Å²) >= 11 is 7.72. The van der Waals surface area contributed by atoms with E-state index in [9.17, 15) is 14.7 Å². The summed E-state index contributed by atoms with van der Waals surface area (Å²) in [5, 5.41) is 13.3. The molecular formula is C24H20ClNO5S. The topological polar surface area (TPSA) is 76.1 Å². The van der Waals surface area contributed by atoms with E-state index in [2.05, 4.69) is 0 Å². The fourth-order valence-electron chi connectivity index (χ4n) is 3.74. The third kappa shape index (κ3) is 3.97. The van der Waals surface area contributed by atoms with Crippen molar-refractivity contribution in [3.05, 3.63) is 86.6 Å². The number of thiophene rings is 1. The van der Waals surface area contributed by atoms with E-state index < -0.39 is 17.7 Å². The van der Waals surface area contributed by atoms with E-state index in [0.717, 1.165) is 4.88 Å². The average Bonchev–Trinajstić information content (AvgIpc) is 3.41. The van der Waals surface area contributed by atoms with Gasteiger partial charge in [0.05, 0.1) is 37.4 Å². The van der Waals surface area contributed by atoms with Crippen LogP contribution in [0, 0.1) is 0 Å². The van der Waals surface area contributed by atoms with Gasteiger partial charge in [0, 0.05) is 10.4 Å². The maximum Gasteiger partial charge on any atom is 0.295 e. The Morgan fingerprint density at radius 1 is 1.09 bits per heavy atom. The van der Waals surface area contributed by atoms with Crippen molar-refractivity contribution in [1.82, 2.24) is 4.90 Å². The van der Waals surface area contributed by atoms with Crippen LogP contribution < -0.4 is 9.47 Å². The molecule has 1 unspecified atom stereocenters. The minimum absolute atomic E-state index is 0.000965. The Balaban J connectivity index is 1.88. The Morgan fingerprint density at radius 3 is 2.56 bits per heavy atom. The highest BCUT2D eigenvalue weighted by Gasteiger charge is 2.46. The lowest BCUT2D eigenvalue weighted by atomic mass is 9.95. The van der Waals surface area contributed by atoms with Crippen LogP contribution in [0.15, 0.2) is 65.6 Å². The second-order valence-corrected chi connectivity index (χ2v) is 8.57. The molecule has 32 heavy (non-hydrogen) atoms. The number of hydrogen-bond donors (Lipinski definition) is 1. The molecule has 6 nitrogen and oxygen atoms in total. The van der Waals surface area contributed by atoms with Crippen molar-refractivity contribution in [1.29, 1.82) is 0 Å². The molecule has 1 fully saturated rings. The number of amides is 1. The second kappa shape index (κ2) is 9.06. The van der Waals surface area contributed by atoms with Crippen molar-refractivity contribution in [3.63, 3.8) is 0 Å². The van der Waals surface area contributed by atoms with Gasteiger partial charge in [0.25, 0.3) is 11.7 Å². The smallest absolute Gasteiger partial charge is 0.295 e. The van der Waals surface area contributed by atoms with Gasteiger partial charge in [-0.3, -0.25) is 9.59 Å². The number of benzene rings is 2. The minimum Gasteiger partial charge on any atom is -0.507 e. The highest BCUT2D eigenvalue weighted by molar-refractivity contribution is 7.09. The third-order valence-electron chi connectivity index (χ3n) is 5.28. The molecule has 2 heterocycles. The number of nitrogens with zero attached hydrogens (tertiary/aromatic N) is 1. The lowest BCUT2D eigenvalue weighted by Gasteiger charge is -2.25. The SMILES string of the molecule is COc1cccc(C2/C(=C(/O)c3ccc(OC)c(Cl)c3)C(=O)C(=O)N2Cc2cccs2)c1. The van der Waals surface area contributed by atoms with Crippen LogP contribution in [0.2, 0.25) is 5.02 Å². The summed E-state index contributed by atoms with van der Waals surface area (Å²) in [6.07, 6.45) is 0. The van der Waals surface area contributed by atoms with Gasteiger partial charge >= 0.3 is 0 Å². The molecule has 1 N–H and O–H groups in total. The second-order valence-electron chi connectivity index (χ2n) is 7.13. The highest BCUT2D eigenvalue weighted by atomic mass is 35.5. The summed E-state index contributed by atoms with van der Waals surface area (Å²) < 4.78 is 10.5. The predicted octanol–water partition coefficient (Wildman–Crippen LogP) is 5.04. The third-order valence-corrected chi connectivity index (χ3v) is 6.44. The van der Waals surface area contributed by atoms with Gasteiger partial charge in [-0.25, -0.2) is 0 Å². The van der Waals surface area contributed by atoms with Crippen molar-refractivity contribution in [2.45, 2.75) is 12.6 Å². The molecule has 3 aromatic rings. The number of carbonyl (C=O) groups is 2. The molecule has 2 aromatic carbocycles. The van der Waals surface area contributed by atoms with E-state index in [1.54, 1.807) is 43.5 Å². The highest BCUT2D eigenvalue weighted by Crippen LogP contribution is 2.42. The first-order valence-corrected chi connectivity index (χ1v) is 11.0. The Hall–Kier alpha value is -3.29. The number of Topliss-reactive ketones (excluding diaryl/α,β-unsaturated/α-hetero) is 1. The van der Waals surface area contributed by atoms with Crippen molar-refractivity contribution in [3.8, 4) is 11.5 Å². The molecular weight excluding hydrogens is 450 g/mol. The monoisotopic (exact) mass is 469 g/mol. The molecule has 1 aliphatic rings. The fourth-order valence-corrected chi connectivity index (χ4v) is 4.70. The zero-order chi connectivity index (χ0) is 22.8. The van der Waals surface area contributed by atoms with Crippen LogP contribution >= 0.6 is 22.9 Å². The lowest BCUT2D eigenvalue weighted by molar-refractivity contribution is -0.140. The maximum absolute atomic E-state index is 13.1. The molecule has 1 aromatic heterocycles. The number of carbonyl (C=O) groups excluding carboxylic acids is 2. The van der Waals surface area contributed by atoms with Crippen LogP contribution in [0.3, 0.4) is 0 Å². The quantitative estimate of drug-likeness (QED) is 0.311. The van der Waals surface area contributed by atoms with Gasteiger partial charge in [0.15, 0.2) is 0 Å². The van der Waals surface area contributed by atoms with Crippen LogP contribution in [0.5, 0.6) is 11.5 Å². The van der Waals surface area contributed by atoms with E-state index >= 15 is 0 Å². The number of ether oxygens (including phenoxy) is 2. The molecule has 1 amide bonds. The first-order chi connectivity index (χ1) is 15.4. The van der Waals surface area contributed by atoms with Crippen molar-refractivity contribution >= 4 is 40.4 Å². The number of aliphatic hydroxyl groups excluding tert-OH is 1. The maximum atomic E-state index is 13.1. The molecule has 1 aliphatic heterocycles. The largest absolute Gasteiger partial charge is 0.507 e. The Bertz CT molecular complexity index is 1200. The number of ketones is 1. The fraction of sp³-hybridized carbons (Fsp3) is 0.167. The molecule has 1 atom stereocenters. The van der Waals surface area contributed by atoms with Crippen LogP contribution in [0.25, 0.3) is 5.76 Å². The minimum atomic E-state index is -0.784. The van der Waals surface area contributed by atoms with Crippen molar-refractivity contribution in [2.75, 3.05) is 14.2 Å². The Labute approximate surface area is 194 Å². The molecule has 164 valence electrons. The summed E-state index contributed by atoms with van der Waals surface area (Å²) in [4.78, 5) is 28.5. The van der Waals surface area contributed by atoms with E-state index in [0.29, 0.717) is 22.6 Å². The number of rotatable bonds is 6. The van der Waals surface area contributed by atoms with Crippen LogP contribution in [0.1, 0.15) is 22.0 Å². The molecule has 0 saturated carbocycles. The van der Waals surface area contributed by atoms with Crippen LogP contribution in [-0.2, 0) is 16.1 Å². The zero-order valence-electron chi connectivity index (χ0n) is 17.4. The first-order valence-electron chi connectivity index (χ1n) is 9.73. The summed E-state index contributed by atoms with van der Waals surface area (Å²) in [6.45, 7) is 0.240. The van der Waals surface area contributed by atoms with Gasteiger partial charge in [-0.15, -0.1) is 11.3 Å². The summed E-state index contributed by atoms with van der Waals surface area (Å²) in [5.41, 5.74) is 0.972. The number of aliphatic hydroxyl groups is 1. The molecule has 1 saturated heterocycles. The van der Waals surface area contributed by atoms with Gasteiger partial charge in [-0.2, -0.15) is 0 Å². The normalized spacial score (nSPS) is 17.6.